The molecule has 0 N–H and O–H groups in total. The minimum atomic E-state index is -0.335. The fourth-order valence-electron chi connectivity index (χ4n) is 2.58. The van der Waals surface area contributed by atoms with Gasteiger partial charge in [-0.25, -0.2) is 4.39 Å². The Morgan fingerprint density at radius 1 is 1.19 bits per heavy atom. The number of ether oxygens (including phenoxy) is 1. The Balaban J connectivity index is 1.76. The third-order valence-electron chi connectivity index (χ3n) is 3.85. The molecule has 134 valence electrons. The van der Waals surface area contributed by atoms with E-state index in [1.54, 1.807) is 24.3 Å². The lowest BCUT2D eigenvalue weighted by atomic mass is 10.2. The number of rotatable bonds is 5. The van der Waals surface area contributed by atoms with Crippen LogP contribution in [-0.4, -0.2) is 21.2 Å². The van der Waals surface area contributed by atoms with E-state index in [2.05, 4.69) is 16.7 Å². The number of fused-ring (bicyclic) bond motifs is 1. The molecule has 2 aromatic heterocycles. The molecule has 2 heterocycles. The molecular weight excluding hydrogens is 365 g/mol. The highest BCUT2D eigenvalue weighted by Gasteiger charge is 2.12. The summed E-state index contributed by atoms with van der Waals surface area (Å²) in [5.41, 5.74) is 1.19. The molecular formula is C20H14FN3O2S. The molecule has 0 bridgehead atoms. The van der Waals surface area contributed by atoms with Crippen LogP contribution < -0.4 is 14.8 Å². The van der Waals surface area contributed by atoms with Gasteiger partial charge in [-0.15, -0.1) is 5.10 Å². The zero-order valence-corrected chi connectivity index (χ0v) is 14.9. The highest BCUT2D eigenvalue weighted by molar-refractivity contribution is 7.15. The van der Waals surface area contributed by atoms with Crippen LogP contribution in [0.25, 0.3) is 22.4 Å². The van der Waals surface area contributed by atoms with Crippen molar-refractivity contribution in [1.82, 2.24) is 14.6 Å². The molecule has 0 amide bonds. The van der Waals surface area contributed by atoms with E-state index in [1.165, 1.54) is 28.0 Å². The molecule has 0 saturated heterocycles. The molecule has 0 unspecified atom stereocenters. The maximum absolute atomic E-state index is 13.1. The Labute approximate surface area is 157 Å². The molecule has 0 saturated carbocycles. The molecule has 0 radical (unpaired) electrons. The summed E-state index contributed by atoms with van der Waals surface area (Å²) in [6.07, 6.45) is 3.43. The molecule has 0 aliphatic carbocycles. The van der Waals surface area contributed by atoms with Crippen molar-refractivity contribution in [3.05, 3.63) is 87.5 Å². The number of para-hydroxylation sites is 1. The fraction of sp³-hybridized carbons (Fsp3) is 0.0500. The van der Waals surface area contributed by atoms with Gasteiger partial charge in [0.1, 0.15) is 18.2 Å². The van der Waals surface area contributed by atoms with Crippen molar-refractivity contribution in [1.29, 1.82) is 0 Å². The van der Waals surface area contributed by atoms with Crippen molar-refractivity contribution in [3.8, 4) is 17.1 Å². The normalized spacial score (nSPS) is 11.8. The van der Waals surface area contributed by atoms with Gasteiger partial charge in [-0.3, -0.25) is 4.79 Å². The van der Waals surface area contributed by atoms with E-state index in [-0.39, 0.29) is 11.4 Å². The summed E-state index contributed by atoms with van der Waals surface area (Å²) < 4.78 is 20.5. The van der Waals surface area contributed by atoms with E-state index in [4.69, 9.17) is 4.74 Å². The van der Waals surface area contributed by atoms with Gasteiger partial charge < -0.3 is 4.74 Å². The van der Waals surface area contributed by atoms with Gasteiger partial charge in [0.25, 0.3) is 5.56 Å². The second-order valence-corrected chi connectivity index (χ2v) is 6.70. The van der Waals surface area contributed by atoms with Gasteiger partial charge in [-0.1, -0.05) is 42.2 Å². The molecule has 2 aromatic carbocycles. The van der Waals surface area contributed by atoms with Gasteiger partial charge in [0.15, 0.2) is 5.82 Å². The number of hydrogen-bond acceptors (Lipinski definition) is 5. The maximum atomic E-state index is 13.1. The Bertz CT molecular complexity index is 1230. The van der Waals surface area contributed by atoms with Crippen molar-refractivity contribution in [2.24, 2.45) is 0 Å². The van der Waals surface area contributed by atoms with Crippen LogP contribution >= 0.6 is 11.3 Å². The Hall–Kier alpha value is -3.32. The monoisotopic (exact) mass is 379 g/mol. The third-order valence-corrected chi connectivity index (χ3v) is 4.81. The molecule has 5 nitrogen and oxygen atoms in total. The van der Waals surface area contributed by atoms with Gasteiger partial charge in [-0.05, 0) is 36.4 Å². The average molecular weight is 379 g/mol. The topological polar surface area (TPSA) is 56.5 Å². The second-order valence-electron chi connectivity index (χ2n) is 5.69. The first-order chi connectivity index (χ1) is 13.2. The molecule has 27 heavy (non-hydrogen) atoms. The molecule has 0 fully saturated rings. The van der Waals surface area contributed by atoms with Crippen LogP contribution in [0.5, 0.6) is 5.75 Å². The first-order valence-corrected chi connectivity index (χ1v) is 8.97. The standard InChI is InChI=1S/C20H14FN3O2S/c1-2-11-26-16-6-4-3-5-14(16)12-17-19(25)24-20(27-17)22-18(23-24)13-7-9-15(21)10-8-13/h2-10,12H,1,11H2/b17-12-. The lowest BCUT2D eigenvalue weighted by molar-refractivity contribution is 0.362. The fourth-order valence-corrected chi connectivity index (χ4v) is 3.47. The zero-order valence-electron chi connectivity index (χ0n) is 14.1. The first-order valence-electron chi connectivity index (χ1n) is 8.15. The van der Waals surface area contributed by atoms with Crippen LogP contribution in [0.3, 0.4) is 0 Å². The van der Waals surface area contributed by atoms with E-state index in [0.29, 0.717) is 33.2 Å². The summed E-state index contributed by atoms with van der Waals surface area (Å²) in [6.45, 7) is 4.02. The van der Waals surface area contributed by atoms with Crippen molar-refractivity contribution < 1.29 is 9.13 Å². The molecule has 0 atom stereocenters. The molecule has 4 aromatic rings. The number of thiazole rings is 1. The van der Waals surface area contributed by atoms with E-state index in [9.17, 15) is 9.18 Å². The smallest absolute Gasteiger partial charge is 0.291 e. The largest absolute Gasteiger partial charge is 0.489 e. The lowest BCUT2D eigenvalue weighted by Crippen LogP contribution is -2.23. The van der Waals surface area contributed by atoms with Gasteiger partial charge in [0.05, 0.1) is 4.53 Å². The number of hydrogen-bond donors (Lipinski definition) is 0. The van der Waals surface area contributed by atoms with Crippen LogP contribution in [0.2, 0.25) is 0 Å². The SMILES string of the molecule is C=CCOc1ccccc1/C=c1\sc2nc(-c3ccc(F)cc3)nn2c1=O. The Kier molecular flexibility index (Phi) is 4.52. The van der Waals surface area contributed by atoms with Crippen LogP contribution in [0.1, 0.15) is 5.56 Å². The van der Waals surface area contributed by atoms with Gasteiger partial charge in [-0.2, -0.15) is 9.50 Å². The maximum Gasteiger partial charge on any atom is 0.291 e. The highest BCUT2D eigenvalue weighted by atomic mass is 32.1. The number of benzene rings is 2. The van der Waals surface area contributed by atoms with E-state index < -0.39 is 0 Å². The van der Waals surface area contributed by atoms with Crippen molar-refractivity contribution in [2.45, 2.75) is 0 Å². The van der Waals surface area contributed by atoms with Crippen molar-refractivity contribution >= 4 is 22.4 Å². The minimum absolute atomic E-state index is 0.255. The summed E-state index contributed by atoms with van der Waals surface area (Å²) in [6, 6.07) is 13.3. The summed E-state index contributed by atoms with van der Waals surface area (Å²) in [4.78, 5) is 17.6. The highest BCUT2D eigenvalue weighted by Crippen LogP contribution is 2.19. The van der Waals surface area contributed by atoms with Gasteiger partial charge >= 0.3 is 0 Å². The number of halogens is 1. The van der Waals surface area contributed by atoms with Crippen LogP contribution in [0.15, 0.2) is 66.0 Å². The van der Waals surface area contributed by atoms with Crippen molar-refractivity contribution in [2.75, 3.05) is 6.61 Å². The minimum Gasteiger partial charge on any atom is -0.489 e. The van der Waals surface area contributed by atoms with E-state index in [0.717, 1.165) is 5.56 Å². The Morgan fingerprint density at radius 3 is 2.70 bits per heavy atom. The molecule has 0 aliphatic heterocycles. The molecule has 4 rings (SSSR count). The van der Waals surface area contributed by atoms with Gasteiger partial charge in [0.2, 0.25) is 4.96 Å². The number of nitrogens with zero attached hydrogens (tertiary/aromatic N) is 3. The summed E-state index contributed by atoms with van der Waals surface area (Å²) in [5.74, 6) is 0.723. The Morgan fingerprint density at radius 2 is 1.96 bits per heavy atom. The van der Waals surface area contributed by atoms with Gasteiger partial charge in [0, 0.05) is 11.1 Å². The van der Waals surface area contributed by atoms with Crippen LogP contribution in [-0.2, 0) is 0 Å². The zero-order chi connectivity index (χ0) is 18.8. The van der Waals surface area contributed by atoms with E-state index >= 15 is 0 Å². The summed E-state index contributed by atoms with van der Waals surface area (Å²) >= 11 is 1.24. The molecule has 0 aliphatic rings. The van der Waals surface area contributed by atoms with Crippen molar-refractivity contribution in [3.63, 3.8) is 0 Å². The predicted molar refractivity (Wildman–Crippen MR) is 103 cm³/mol. The summed E-state index contributed by atoms with van der Waals surface area (Å²) in [7, 11) is 0. The second kappa shape index (κ2) is 7.13. The van der Waals surface area contributed by atoms with E-state index in [1.807, 2.05) is 24.3 Å². The van der Waals surface area contributed by atoms with Crippen LogP contribution in [0.4, 0.5) is 4.39 Å². The number of aromatic nitrogens is 3. The first kappa shape index (κ1) is 17.1. The third kappa shape index (κ3) is 3.37. The van der Waals surface area contributed by atoms with Crippen LogP contribution in [0, 0.1) is 5.82 Å². The lowest BCUT2D eigenvalue weighted by Gasteiger charge is -2.05. The predicted octanol–water partition coefficient (Wildman–Crippen LogP) is 3.07. The molecule has 7 heteroatoms. The summed E-state index contributed by atoms with van der Waals surface area (Å²) in [5, 5.41) is 4.26. The average Bonchev–Trinajstić information content (AvgIpc) is 3.21. The molecule has 0 spiro atoms. The quantitative estimate of drug-likeness (QED) is 0.500.